The first kappa shape index (κ1) is 15.3. The molecule has 0 aliphatic heterocycles. The van der Waals surface area contributed by atoms with Crippen LogP contribution in [0.15, 0.2) is 24.4 Å². The Morgan fingerprint density at radius 3 is 2.86 bits per heavy atom. The zero-order valence-electron chi connectivity index (χ0n) is 12.0. The summed E-state index contributed by atoms with van der Waals surface area (Å²) in [6, 6.07) is 4.68. The molecule has 0 spiro atoms. The Morgan fingerprint density at radius 2 is 2.24 bits per heavy atom. The molecule has 2 aromatic rings. The second kappa shape index (κ2) is 6.58. The second-order valence-electron chi connectivity index (χ2n) is 4.80. The first-order valence-corrected chi connectivity index (χ1v) is 7.27. The lowest BCUT2D eigenvalue weighted by atomic mass is 9.99. The zero-order valence-corrected chi connectivity index (χ0v) is 12.9. The molecule has 1 heterocycles. The van der Waals surface area contributed by atoms with Gasteiger partial charge in [-0.1, -0.05) is 25.6 Å². The number of nitro groups is 1. The van der Waals surface area contributed by atoms with Gasteiger partial charge in [-0.3, -0.25) is 15.1 Å². The van der Waals surface area contributed by atoms with Crippen molar-refractivity contribution in [2.24, 2.45) is 0 Å². The summed E-state index contributed by atoms with van der Waals surface area (Å²) in [7, 11) is 1.76. The monoisotopic (exact) mass is 303 g/mol. The maximum Gasteiger partial charge on any atom is 0.270 e. The fraction of sp³-hybridized carbons (Fsp3) is 0.333. The molecule has 1 aromatic carbocycles. The number of aromatic nitrogens is 1. The molecule has 0 saturated heterocycles. The molecule has 0 aliphatic rings. The third kappa shape index (κ3) is 3.16. The number of nitro benzene ring substituents is 1. The van der Waals surface area contributed by atoms with Gasteiger partial charge < -0.3 is 5.32 Å². The Hall–Kier alpha value is -2.08. The summed E-state index contributed by atoms with van der Waals surface area (Å²) in [6.45, 7) is 2.12. The van der Waals surface area contributed by atoms with E-state index < -0.39 is 4.92 Å². The van der Waals surface area contributed by atoms with Crippen molar-refractivity contribution in [2.45, 2.75) is 26.2 Å². The fourth-order valence-electron chi connectivity index (χ4n) is 2.29. The van der Waals surface area contributed by atoms with E-state index in [9.17, 15) is 10.1 Å². The van der Waals surface area contributed by atoms with Crippen molar-refractivity contribution in [3.63, 3.8) is 0 Å². The predicted molar refractivity (Wildman–Crippen MR) is 87.8 cm³/mol. The fourth-order valence-corrected chi connectivity index (χ4v) is 2.53. The van der Waals surface area contributed by atoms with Crippen LogP contribution in [0.25, 0.3) is 10.9 Å². The lowest BCUT2D eigenvalue weighted by Gasteiger charge is -2.13. The van der Waals surface area contributed by atoms with Crippen LogP contribution in [-0.4, -0.2) is 21.9 Å². The largest absolute Gasteiger partial charge is 0.379 e. The van der Waals surface area contributed by atoms with Crippen LogP contribution >= 0.6 is 12.2 Å². The molecule has 0 bridgehead atoms. The molecular weight excluding hydrogens is 286 g/mol. The minimum atomic E-state index is -0.398. The molecule has 1 aromatic heterocycles. The van der Waals surface area contributed by atoms with Crippen molar-refractivity contribution < 1.29 is 4.92 Å². The number of fused-ring (bicyclic) bond motifs is 1. The van der Waals surface area contributed by atoms with Crippen LogP contribution < -0.4 is 5.32 Å². The third-order valence-corrected chi connectivity index (χ3v) is 3.80. The number of nitrogens with one attached hydrogen (secondary N) is 1. The van der Waals surface area contributed by atoms with Gasteiger partial charge in [0.05, 0.1) is 10.4 Å². The second-order valence-corrected chi connectivity index (χ2v) is 5.21. The molecular formula is C15H17N3O2S. The van der Waals surface area contributed by atoms with Crippen molar-refractivity contribution in [1.29, 1.82) is 0 Å². The molecule has 0 saturated carbocycles. The molecule has 0 atom stereocenters. The van der Waals surface area contributed by atoms with Gasteiger partial charge in [-0.05, 0) is 24.5 Å². The lowest BCUT2D eigenvalue weighted by molar-refractivity contribution is -0.384. The Kier molecular flexibility index (Phi) is 4.80. The number of aryl methyl sites for hydroxylation is 1. The van der Waals surface area contributed by atoms with Crippen LogP contribution in [0.2, 0.25) is 0 Å². The van der Waals surface area contributed by atoms with E-state index in [0.29, 0.717) is 10.5 Å². The maximum absolute atomic E-state index is 11.0. The van der Waals surface area contributed by atoms with E-state index in [4.69, 9.17) is 12.2 Å². The first-order valence-electron chi connectivity index (χ1n) is 6.86. The minimum absolute atomic E-state index is 0.0529. The van der Waals surface area contributed by atoms with E-state index in [2.05, 4.69) is 17.2 Å². The van der Waals surface area contributed by atoms with Gasteiger partial charge in [0.2, 0.25) is 0 Å². The van der Waals surface area contributed by atoms with Gasteiger partial charge in [0.15, 0.2) is 0 Å². The van der Waals surface area contributed by atoms with Gasteiger partial charge in [0.1, 0.15) is 4.99 Å². The highest BCUT2D eigenvalue weighted by Crippen LogP contribution is 2.26. The van der Waals surface area contributed by atoms with Gasteiger partial charge in [-0.15, -0.1) is 0 Å². The quantitative estimate of drug-likeness (QED) is 0.521. The standard InChI is InChI=1S/C15H17N3O2S/c1-3-4-5-10-9-17-13-7-6-11(18(19)20)8-12(13)14(10)15(21)16-2/h6-9H,3-5H2,1-2H3,(H,16,21). The highest BCUT2D eigenvalue weighted by molar-refractivity contribution is 7.80. The molecule has 0 amide bonds. The summed E-state index contributed by atoms with van der Waals surface area (Å²) in [5.41, 5.74) is 2.66. The van der Waals surface area contributed by atoms with Crippen LogP contribution in [-0.2, 0) is 6.42 Å². The Balaban J connectivity index is 2.68. The predicted octanol–water partition coefficient (Wildman–Crippen LogP) is 3.38. The molecule has 0 radical (unpaired) electrons. The molecule has 5 nitrogen and oxygen atoms in total. The number of benzene rings is 1. The summed E-state index contributed by atoms with van der Waals surface area (Å²) in [6.07, 6.45) is 4.78. The normalized spacial score (nSPS) is 10.6. The Bertz CT molecular complexity index is 701. The zero-order chi connectivity index (χ0) is 15.4. The summed E-state index contributed by atoms with van der Waals surface area (Å²) in [5, 5.41) is 14.7. The smallest absolute Gasteiger partial charge is 0.270 e. The van der Waals surface area contributed by atoms with E-state index in [1.807, 2.05) is 6.20 Å². The number of nitrogens with zero attached hydrogens (tertiary/aromatic N) is 2. The van der Waals surface area contributed by atoms with E-state index in [0.717, 1.165) is 35.8 Å². The van der Waals surface area contributed by atoms with E-state index in [-0.39, 0.29) is 5.69 Å². The van der Waals surface area contributed by atoms with E-state index >= 15 is 0 Å². The molecule has 0 fully saturated rings. The number of non-ortho nitro benzene ring substituents is 1. The Morgan fingerprint density at radius 1 is 1.48 bits per heavy atom. The summed E-state index contributed by atoms with van der Waals surface area (Å²) in [4.78, 5) is 15.6. The van der Waals surface area contributed by atoms with Gasteiger partial charge in [0, 0.05) is 36.3 Å². The summed E-state index contributed by atoms with van der Waals surface area (Å²) >= 11 is 5.39. The summed E-state index contributed by atoms with van der Waals surface area (Å²) in [5.74, 6) is 0. The molecule has 2 rings (SSSR count). The number of hydrogen-bond acceptors (Lipinski definition) is 4. The van der Waals surface area contributed by atoms with Crippen LogP contribution in [0.1, 0.15) is 30.9 Å². The molecule has 21 heavy (non-hydrogen) atoms. The third-order valence-electron chi connectivity index (χ3n) is 3.39. The van der Waals surface area contributed by atoms with Crippen LogP contribution in [0.3, 0.4) is 0 Å². The van der Waals surface area contributed by atoms with E-state index in [1.54, 1.807) is 19.2 Å². The number of thiocarbonyl (C=S) groups is 1. The van der Waals surface area contributed by atoms with Gasteiger partial charge in [-0.25, -0.2) is 0 Å². The summed E-state index contributed by atoms with van der Waals surface area (Å²) < 4.78 is 0. The van der Waals surface area contributed by atoms with Crippen molar-refractivity contribution >= 4 is 33.8 Å². The highest BCUT2D eigenvalue weighted by Gasteiger charge is 2.15. The van der Waals surface area contributed by atoms with Crippen molar-refractivity contribution in [2.75, 3.05) is 7.05 Å². The average Bonchev–Trinajstić information content (AvgIpc) is 2.50. The van der Waals surface area contributed by atoms with Crippen LogP contribution in [0.5, 0.6) is 0 Å². The Labute approximate surface area is 128 Å². The lowest BCUT2D eigenvalue weighted by Crippen LogP contribution is -2.19. The van der Waals surface area contributed by atoms with Gasteiger partial charge in [0.25, 0.3) is 5.69 Å². The molecule has 110 valence electrons. The number of rotatable bonds is 5. The van der Waals surface area contributed by atoms with Gasteiger partial charge >= 0.3 is 0 Å². The number of hydrogen-bond donors (Lipinski definition) is 1. The van der Waals surface area contributed by atoms with Crippen LogP contribution in [0, 0.1) is 10.1 Å². The molecule has 6 heteroatoms. The molecule has 0 unspecified atom stereocenters. The van der Waals surface area contributed by atoms with Crippen molar-refractivity contribution in [3.8, 4) is 0 Å². The van der Waals surface area contributed by atoms with E-state index in [1.165, 1.54) is 6.07 Å². The number of unbranched alkanes of at least 4 members (excludes halogenated alkanes) is 1. The SMILES string of the molecule is CCCCc1cnc2ccc([N+](=O)[O-])cc2c1C(=S)NC. The average molecular weight is 303 g/mol. The minimum Gasteiger partial charge on any atom is -0.379 e. The topological polar surface area (TPSA) is 68.1 Å². The first-order chi connectivity index (χ1) is 10.1. The van der Waals surface area contributed by atoms with Crippen LogP contribution in [0.4, 0.5) is 5.69 Å². The molecule has 1 N–H and O–H groups in total. The van der Waals surface area contributed by atoms with Crippen molar-refractivity contribution in [1.82, 2.24) is 10.3 Å². The maximum atomic E-state index is 11.0. The molecule has 0 aliphatic carbocycles. The highest BCUT2D eigenvalue weighted by atomic mass is 32.1. The number of pyridine rings is 1. The van der Waals surface area contributed by atoms with Crippen molar-refractivity contribution in [3.05, 3.63) is 45.6 Å². The van der Waals surface area contributed by atoms with Gasteiger partial charge in [-0.2, -0.15) is 0 Å².